The van der Waals surface area contributed by atoms with E-state index >= 15 is 0 Å². The number of hydrogen-bond donors (Lipinski definition) is 2. The molecule has 0 radical (unpaired) electrons. The summed E-state index contributed by atoms with van der Waals surface area (Å²) in [7, 11) is 0. The molecule has 0 spiro atoms. The Kier molecular flexibility index (Phi) is 4.10. The second kappa shape index (κ2) is 5.78. The van der Waals surface area contributed by atoms with Crippen molar-refractivity contribution in [3.63, 3.8) is 0 Å². The van der Waals surface area contributed by atoms with Crippen LogP contribution in [0.1, 0.15) is 11.1 Å². The molecule has 0 aliphatic carbocycles. The summed E-state index contributed by atoms with van der Waals surface area (Å²) >= 11 is 6.06. The summed E-state index contributed by atoms with van der Waals surface area (Å²) in [4.78, 5) is 4.25. The molecule has 1 aliphatic heterocycles. The van der Waals surface area contributed by atoms with E-state index in [2.05, 4.69) is 16.9 Å². The Balaban J connectivity index is 2.12. The molecule has 0 amide bonds. The third kappa shape index (κ3) is 2.96. The summed E-state index contributed by atoms with van der Waals surface area (Å²) < 4.78 is 5.59. The Bertz CT molecular complexity index is 485. The normalized spacial score (nSPS) is 13.9. The van der Waals surface area contributed by atoms with Gasteiger partial charge in [-0.25, -0.2) is 4.99 Å². The van der Waals surface area contributed by atoms with Crippen molar-refractivity contribution in [1.82, 2.24) is 5.32 Å². The third-order valence-corrected chi connectivity index (χ3v) is 2.89. The van der Waals surface area contributed by atoms with E-state index in [1.807, 2.05) is 12.1 Å². The van der Waals surface area contributed by atoms with E-state index in [-0.39, 0.29) is 0 Å². The molecule has 0 fully saturated rings. The van der Waals surface area contributed by atoms with E-state index < -0.39 is 0 Å². The highest BCUT2D eigenvalue weighted by Crippen LogP contribution is 2.33. The quantitative estimate of drug-likeness (QED) is 0.496. The topological polar surface area (TPSA) is 59.6 Å². The van der Waals surface area contributed by atoms with Crippen LogP contribution in [-0.2, 0) is 13.0 Å². The number of aliphatic imine (C=N–C) groups is 1. The van der Waals surface area contributed by atoms with Crippen molar-refractivity contribution < 1.29 is 4.74 Å². The second-order valence-corrected chi connectivity index (χ2v) is 4.46. The van der Waals surface area contributed by atoms with Gasteiger partial charge in [-0.15, -0.1) is 6.58 Å². The first kappa shape index (κ1) is 12.8. The van der Waals surface area contributed by atoms with Crippen LogP contribution in [0.4, 0.5) is 0 Å². The number of nitrogens with one attached hydrogen (secondary N) is 1. The predicted molar refractivity (Wildman–Crippen MR) is 74.2 cm³/mol. The molecule has 0 saturated carbocycles. The van der Waals surface area contributed by atoms with E-state index in [1.54, 1.807) is 6.08 Å². The van der Waals surface area contributed by atoms with E-state index in [0.717, 1.165) is 23.3 Å². The van der Waals surface area contributed by atoms with Crippen LogP contribution in [-0.4, -0.2) is 19.1 Å². The van der Waals surface area contributed by atoms with Crippen LogP contribution in [0.25, 0.3) is 0 Å². The molecule has 1 aliphatic rings. The Morgan fingerprint density at radius 1 is 1.61 bits per heavy atom. The molecule has 0 saturated heterocycles. The van der Waals surface area contributed by atoms with Crippen LogP contribution in [0.2, 0.25) is 5.02 Å². The average molecular weight is 266 g/mol. The zero-order valence-electron chi connectivity index (χ0n) is 10.1. The fraction of sp³-hybridized carbons (Fsp3) is 0.308. The number of halogens is 1. The third-order valence-electron chi connectivity index (χ3n) is 2.67. The van der Waals surface area contributed by atoms with Crippen molar-refractivity contribution in [2.24, 2.45) is 10.7 Å². The predicted octanol–water partition coefficient (Wildman–Crippen LogP) is 1.87. The van der Waals surface area contributed by atoms with Gasteiger partial charge in [0.1, 0.15) is 5.75 Å². The molecule has 0 aromatic heterocycles. The second-order valence-electron chi connectivity index (χ2n) is 4.02. The van der Waals surface area contributed by atoms with Gasteiger partial charge in [-0.2, -0.15) is 0 Å². The van der Waals surface area contributed by atoms with Gasteiger partial charge in [0.2, 0.25) is 0 Å². The first-order chi connectivity index (χ1) is 8.70. The first-order valence-electron chi connectivity index (χ1n) is 5.79. The van der Waals surface area contributed by atoms with E-state index in [4.69, 9.17) is 22.1 Å². The lowest BCUT2D eigenvalue weighted by Gasteiger charge is -2.07. The van der Waals surface area contributed by atoms with Crippen LogP contribution >= 0.6 is 11.6 Å². The zero-order chi connectivity index (χ0) is 13.0. The number of rotatable bonds is 4. The smallest absolute Gasteiger partial charge is 0.189 e. The van der Waals surface area contributed by atoms with Gasteiger partial charge >= 0.3 is 0 Å². The monoisotopic (exact) mass is 265 g/mol. The van der Waals surface area contributed by atoms with Gasteiger partial charge in [-0.3, -0.25) is 0 Å². The Hall–Kier alpha value is -1.68. The molecular formula is C13H16ClN3O. The summed E-state index contributed by atoms with van der Waals surface area (Å²) in [6.45, 7) is 5.36. The summed E-state index contributed by atoms with van der Waals surface area (Å²) in [6, 6.07) is 3.81. The minimum atomic E-state index is 0.390. The number of ether oxygens (including phenoxy) is 1. The Morgan fingerprint density at radius 3 is 3.22 bits per heavy atom. The lowest BCUT2D eigenvalue weighted by Crippen LogP contribution is -2.31. The Labute approximate surface area is 111 Å². The van der Waals surface area contributed by atoms with Crippen molar-refractivity contribution in [2.45, 2.75) is 13.0 Å². The zero-order valence-corrected chi connectivity index (χ0v) is 10.8. The maximum absolute atomic E-state index is 6.06. The largest absolute Gasteiger partial charge is 0.493 e. The SMILES string of the molecule is C=CCNC(N)=NCc1cc(Cl)cc2c1OCC2. The molecule has 1 aromatic rings. The molecule has 18 heavy (non-hydrogen) atoms. The summed E-state index contributed by atoms with van der Waals surface area (Å²) in [5, 5.41) is 3.63. The number of nitrogens with zero attached hydrogens (tertiary/aromatic N) is 1. The van der Waals surface area contributed by atoms with Crippen molar-refractivity contribution in [3.05, 3.63) is 40.9 Å². The molecular weight excluding hydrogens is 250 g/mol. The lowest BCUT2D eigenvalue weighted by atomic mass is 10.1. The highest BCUT2D eigenvalue weighted by molar-refractivity contribution is 6.30. The van der Waals surface area contributed by atoms with Gasteiger partial charge in [-0.1, -0.05) is 17.7 Å². The fourth-order valence-electron chi connectivity index (χ4n) is 1.87. The summed E-state index contributed by atoms with van der Waals surface area (Å²) in [6.07, 6.45) is 2.62. The minimum absolute atomic E-state index is 0.390. The Morgan fingerprint density at radius 2 is 2.44 bits per heavy atom. The van der Waals surface area contributed by atoms with Gasteiger partial charge in [0.25, 0.3) is 0 Å². The van der Waals surface area contributed by atoms with Crippen LogP contribution in [0.15, 0.2) is 29.8 Å². The molecule has 3 N–H and O–H groups in total. The molecule has 0 bridgehead atoms. The molecule has 4 nitrogen and oxygen atoms in total. The maximum atomic E-state index is 6.06. The van der Waals surface area contributed by atoms with Crippen molar-refractivity contribution in [1.29, 1.82) is 0 Å². The molecule has 1 heterocycles. The van der Waals surface area contributed by atoms with Gasteiger partial charge in [0, 0.05) is 23.6 Å². The summed E-state index contributed by atoms with van der Waals surface area (Å²) in [5.41, 5.74) is 7.82. The molecule has 1 aromatic carbocycles. The number of hydrogen-bond acceptors (Lipinski definition) is 2. The van der Waals surface area contributed by atoms with Crippen LogP contribution in [0, 0.1) is 0 Å². The highest BCUT2D eigenvalue weighted by atomic mass is 35.5. The first-order valence-corrected chi connectivity index (χ1v) is 6.17. The van der Waals surface area contributed by atoms with E-state index in [9.17, 15) is 0 Å². The lowest BCUT2D eigenvalue weighted by molar-refractivity contribution is 0.353. The average Bonchev–Trinajstić information content (AvgIpc) is 2.81. The molecule has 0 atom stereocenters. The summed E-state index contributed by atoms with van der Waals surface area (Å²) in [5.74, 6) is 1.29. The van der Waals surface area contributed by atoms with Gasteiger partial charge in [0.05, 0.1) is 13.2 Å². The minimum Gasteiger partial charge on any atom is -0.493 e. The molecule has 2 rings (SSSR count). The molecule has 5 heteroatoms. The fourth-order valence-corrected chi connectivity index (χ4v) is 2.13. The van der Waals surface area contributed by atoms with Gasteiger partial charge < -0.3 is 15.8 Å². The van der Waals surface area contributed by atoms with Crippen molar-refractivity contribution >= 4 is 17.6 Å². The van der Waals surface area contributed by atoms with Crippen molar-refractivity contribution in [3.8, 4) is 5.75 Å². The maximum Gasteiger partial charge on any atom is 0.189 e. The number of nitrogens with two attached hydrogens (primary N) is 1. The van der Waals surface area contributed by atoms with E-state index in [1.165, 1.54) is 0 Å². The standard InChI is InChI=1S/C13H16ClN3O/c1-2-4-16-13(15)17-8-10-7-11(14)6-9-3-5-18-12(9)10/h2,6-7H,1,3-5,8H2,(H3,15,16,17). The van der Waals surface area contributed by atoms with Gasteiger partial charge in [0.15, 0.2) is 5.96 Å². The molecule has 96 valence electrons. The van der Waals surface area contributed by atoms with Crippen LogP contribution in [0.5, 0.6) is 5.75 Å². The number of benzene rings is 1. The number of guanidine groups is 1. The van der Waals surface area contributed by atoms with Crippen LogP contribution in [0.3, 0.4) is 0 Å². The highest BCUT2D eigenvalue weighted by Gasteiger charge is 2.17. The van der Waals surface area contributed by atoms with Gasteiger partial charge in [-0.05, 0) is 17.7 Å². The molecule has 0 unspecified atom stereocenters. The number of fused-ring (bicyclic) bond motifs is 1. The van der Waals surface area contributed by atoms with Crippen LogP contribution < -0.4 is 15.8 Å². The van der Waals surface area contributed by atoms with Crippen molar-refractivity contribution in [2.75, 3.05) is 13.2 Å². The van der Waals surface area contributed by atoms with E-state index in [0.29, 0.717) is 30.7 Å².